The second-order valence-corrected chi connectivity index (χ2v) is 5.13. The third-order valence-electron chi connectivity index (χ3n) is 3.65. The normalized spacial score (nSPS) is 20.6. The lowest BCUT2D eigenvalue weighted by atomic mass is 10.1. The van der Waals surface area contributed by atoms with Crippen molar-refractivity contribution in [2.45, 2.75) is 38.0 Å². The predicted molar refractivity (Wildman–Crippen MR) is 75.2 cm³/mol. The largest absolute Gasteiger partial charge is 0.480 e. The summed E-state index contributed by atoms with van der Waals surface area (Å²) in [4.78, 5) is 34.9. The Kier molecular flexibility index (Phi) is 4.98. The third kappa shape index (κ3) is 3.75. The molecule has 1 amide bonds. The van der Waals surface area contributed by atoms with Gasteiger partial charge in [0.15, 0.2) is 0 Å². The zero-order valence-electron chi connectivity index (χ0n) is 11.8. The van der Waals surface area contributed by atoms with Gasteiger partial charge < -0.3 is 14.9 Å². The number of amides is 1. The Morgan fingerprint density at radius 1 is 1.14 bits per heavy atom. The van der Waals surface area contributed by atoms with Crippen LogP contribution in [0.2, 0.25) is 0 Å². The molecule has 2 atom stereocenters. The summed E-state index contributed by atoms with van der Waals surface area (Å²) in [6, 6.07) is 7.37. The van der Waals surface area contributed by atoms with Gasteiger partial charge in [-0.25, -0.2) is 9.59 Å². The van der Waals surface area contributed by atoms with Crippen LogP contribution in [0.25, 0.3) is 0 Å². The minimum absolute atomic E-state index is 0.113. The first-order valence-corrected chi connectivity index (χ1v) is 6.92. The van der Waals surface area contributed by atoms with Crippen LogP contribution in [-0.2, 0) is 20.9 Å². The molecule has 0 radical (unpaired) electrons. The molecule has 0 aromatic heterocycles. The van der Waals surface area contributed by atoms with Gasteiger partial charge in [-0.15, -0.1) is 0 Å². The second kappa shape index (κ2) is 6.93. The molecular formula is C15H17NO6. The third-order valence-corrected chi connectivity index (χ3v) is 3.65. The molecule has 0 spiro atoms. The molecule has 0 saturated carbocycles. The summed E-state index contributed by atoms with van der Waals surface area (Å²) >= 11 is 0. The average Bonchev–Trinajstić information content (AvgIpc) is 2.90. The smallest absolute Gasteiger partial charge is 0.408 e. The highest BCUT2D eigenvalue weighted by molar-refractivity contribution is 5.81. The maximum atomic E-state index is 11.8. The van der Waals surface area contributed by atoms with E-state index in [0.29, 0.717) is 6.42 Å². The fourth-order valence-corrected chi connectivity index (χ4v) is 2.60. The van der Waals surface area contributed by atoms with Gasteiger partial charge in [0.25, 0.3) is 0 Å². The summed E-state index contributed by atoms with van der Waals surface area (Å²) in [7, 11) is 0. The van der Waals surface area contributed by atoms with Crippen LogP contribution in [0.3, 0.4) is 0 Å². The number of likely N-dealkylation sites (tertiary alicyclic amines) is 1. The number of ether oxygens (including phenoxy) is 1. The van der Waals surface area contributed by atoms with E-state index in [1.54, 1.807) is 0 Å². The lowest BCUT2D eigenvalue weighted by Gasteiger charge is -2.24. The minimum Gasteiger partial charge on any atom is -0.480 e. The maximum Gasteiger partial charge on any atom is 0.408 e. The Morgan fingerprint density at radius 3 is 2.41 bits per heavy atom. The molecule has 0 aliphatic carbocycles. The van der Waals surface area contributed by atoms with Crippen LogP contribution in [0.5, 0.6) is 0 Å². The van der Waals surface area contributed by atoms with Crippen molar-refractivity contribution in [1.82, 2.24) is 4.90 Å². The molecule has 2 rings (SSSR count). The van der Waals surface area contributed by atoms with Crippen molar-refractivity contribution in [1.29, 1.82) is 0 Å². The number of carbonyl (C=O) groups is 3. The predicted octanol–water partition coefficient (Wildman–Crippen LogP) is 1.72. The maximum absolute atomic E-state index is 11.8. The number of esters is 1. The molecule has 1 aromatic carbocycles. The van der Waals surface area contributed by atoms with E-state index in [9.17, 15) is 14.4 Å². The van der Waals surface area contributed by atoms with Crippen molar-refractivity contribution < 1.29 is 29.3 Å². The molecule has 7 nitrogen and oxygen atoms in total. The summed E-state index contributed by atoms with van der Waals surface area (Å²) in [6.45, 7) is 0.113. The second-order valence-electron chi connectivity index (χ2n) is 5.13. The molecule has 0 bridgehead atoms. The lowest BCUT2D eigenvalue weighted by Crippen LogP contribution is -2.44. The number of aliphatic carboxylic acids is 1. The van der Waals surface area contributed by atoms with Gasteiger partial charge in [0.2, 0.25) is 0 Å². The van der Waals surface area contributed by atoms with Crippen molar-refractivity contribution in [3.05, 3.63) is 35.9 Å². The number of carboxylic acids is 1. The standard InChI is InChI=1S/C15H17NO6/c17-13(22-9-10-4-2-1-3-5-10)8-11-6-7-12(14(18)19)16(11)15(20)21/h1-5,11-12H,6-9H2,(H,18,19)(H,20,21)/t11-,12+/m1/s1. The molecule has 22 heavy (non-hydrogen) atoms. The van der Waals surface area contributed by atoms with E-state index in [0.717, 1.165) is 10.5 Å². The molecular weight excluding hydrogens is 290 g/mol. The van der Waals surface area contributed by atoms with E-state index >= 15 is 0 Å². The van der Waals surface area contributed by atoms with Crippen molar-refractivity contribution in [2.75, 3.05) is 0 Å². The van der Waals surface area contributed by atoms with Gasteiger partial charge in [-0.2, -0.15) is 0 Å². The van der Waals surface area contributed by atoms with E-state index in [1.807, 2.05) is 30.3 Å². The Labute approximate surface area is 127 Å². The topological polar surface area (TPSA) is 104 Å². The summed E-state index contributed by atoms with van der Waals surface area (Å²) in [5, 5.41) is 18.1. The number of carboxylic acid groups (broad SMARTS) is 2. The molecule has 118 valence electrons. The zero-order chi connectivity index (χ0) is 16.1. The molecule has 7 heteroatoms. The van der Waals surface area contributed by atoms with Gasteiger partial charge in [0.1, 0.15) is 12.6 Å². The highest BCUT2D eigenvalue weighted by Crippen LogP contribution is 2.27. The Bertz CT molecular complexity index is 558. The van der Waals surface area contributed by atoms with Crippen LogP contribution in [0.4, 0.5) is 4.79 Å². The van der Waals surface area contributed by atoms with Gasteiger partial charge in [0, 0.05) is 6.04 Å². The quantitative estimate of drug-likeness (QED) is 0.803. The van der Waals surface area contributed by atoms with Crippen LogP contribution in [0, 0.1) is 0 Å². The zero-order valence-corrected chi connectivity index (χ0v) is 11.8. The summed E-state index contributed by atoms with van der Waals surface area (Å²) in [5.41, 5.74) is 0.834. The number of carbonyl (C=O) groups excluding carboxylic acids is 1. The van der Waals surface area contributed by atoms with Crippen LogP contribution in [0.1, 0.15) is 24.8 Å². The summed E-state index contributed by atoms with van der Waals surface area (Å²) in [5.74, 6) is -1.73. The molecule has 2 N–H and O–H groups in total. The van der Waals surface area contributed by atoms with E-state index in [4.69, 9.17) is 14.9 Å². The number of rotatable bonds is 5. The van der Waals surface area contributed by atoms with Crippen molar-refractivity contribution in [3.8, 4) is 0 Å². The van der Waals surface area contributed by atoms with Gasteiger partial charge in [-0.1, -0.05) is 30.3 Å². The monoisotopic (exact) mass is 307 g/mol. The number of nitrogens with zero attached hydrogens (tertiary/aromatic N) is 1. The molecule has 1 heterocycles. The van der Waals surface area contributed by atoms with E-state index < -0.39 is 30.1 Å². The summed E-state index contributed by atoms with van der Waals surface area (Å²) in [6.07, 6.45) is -0.920. The van der Waals surface area contributed by atoms with Gasteiger partial charge in [-0.3, -0.25) is 9.69 Å². The lowest BCUT2D eigenvalue weighted by molar-refractivity contribution is -0.147. The number of benzene rings is 1. The van der Waals surface area contributed by atoms with Crippen LogP contribution in [0.15, 0.2) is 30.3 Å². The summed E-state index contributed by atoms with van der Waals surface area (Å²) < 4.78 is 5.11. The molecule has 1 fully saturated rings. The van der Waals surface area contributed by atoms with Crippen LogP contribution in [-0.4, -0.2) is 45.2 Å². The highest BCUT2D eigenvalue weighted by Gasteiger charge is 2.42. The first-order valence-electron chi connectivity index (χ1n) is 6.92. The molecule has 0 unspecified atom stereocenters. The van der Waals surface area contributed by atoms with Gasteiger partial charge in [0.05, 0.1) is 6.42 Å². The van der Waals surface area contributed by atoms with Gasteiger partial charge in [-0.05, 0) is 18.4 Å². The number of hydrogen-bond donors (Lipinski definition) is 2. The van der Waals surface area contributed by atoms with E-state index in [1.165, 1.54) is 0 Å². The van der Waals surface area contributed by atoms with Crippen LogP contribution >= 0.6 is 0 Å². The van der Waals surface area contributed by atoms with Crippen molar-refractivity contribution >= 4 is 18.0 Å². The number of hydrogen-bond acceptors (Lipinski definition) is 4. The average molecular weight is 307 g/mol. The van der Waals surface area contributed by atoms with E-state index in [2.05, 4.69) is 0 Å². The van der Waals surface area contributed by atoms with Gasteiger partial charge >= 0.3 is 18.0 Å². The van der Waals surface area contributed by atoms with Crippen LogP contribution < -0.4 is 0 Å². The fraction of sp³-hybridized carbons (Fsp3) is 0.400. The Hall–Kier alpha value is -2.57. The Morgan fingerprint density at radius 2 is 1.82 bits per heavy atom. The SMILES string of the molecule is O=C(C[C@H]1CC[C@@H](C(=O)O)N1C(=O)O)OCc1ccccc1. The Balaban J connectivity index is 1.90. The van der Waals surface area contributed by atoms with Crippen molar-refractivity contribution in [3.63, 3.8) is 0 Å². The first-order chi connectivity index (χ1) is 10.5. The van der Waals surface area contributed by atoms with E-state index in [-0.39, 0.29) is 19.4 Å². The van der Waals surface area contributed by atoms with Crippen molar-refractivity contribution in [2.24, 2.45) is 0 Å². The fourth-order valence-electron chi connectivity index (χ4n) is 2.60. The highest BCUT2D eigenvalue weighted by atomic mass is 16.5. The molecule has 1 aliphatic rings. The molecule has 1 aromatic rings. The molecule has 1 aliphatic heterocycles. The molecule has 1 saturated heterocycles. The first kappa shape index (κ1) is 15.8. The minimum atomic E-state index is -1.33.